The Labute approximate surface area is 104 Å². The van der Waals surface area contributed by atoms with E-state index in [0.29, 0.717) is 18.1 Å². The molecule has 0 heterocycles. The van der Waals surface area contributed by atoms with Crippen LogP contribution in [0.5, 0.6) is 0 Å². The van der Waals surface area contributed by atoms with Gasteiger partial charge in [-0.2, -0.15) is 0 Å². The first-order chi connectivity index (χ1) is 8.18. The maximum atomic E-state index is 11.4. The van der Waals surface area contributed by atoms with Gasteiger partial charge in [-0.15, -0.1) is 0 Å². The van der Waals surface area contributed by atoms with E-state index in [2.05, 4.69) is 6.58 Å². The quantitative estimate of drug-likeness (QED) is 0.551. The molecule has 2 aliphatic carbocycles. The highest BCUT2D eigenvalue weighted by Crippen LogP contribution is 2.43. The highest BCUT2D eigenvalue weighted by molar-refractivity contribution is 5.86. The molecule has 2 nitrogen and oxygen atoms in total. The average molecular weight is 236 g/mol. The van der Waals surface area contributed by atoms with Gasteiger partial charge in [-0.3, -0.25) is 0 Å². The normalized spacial score (nSPS) is 32.6. The second-order valence-electron chi connectivity index (χ2n) is 5.78. The molecule has 0 bridgehead atoms. The third kappa shape index (κ3) is 3.11. The van der Waals surface area contributed by atoms with Crippen LogP contribution in [0.3, 0.4) is 0 Å². The Kier molecular flexibility index (Phi) is 4.25. The highest BCUT2D eigenvalue weighted by Gasteiger charge is 2.35. The minimum atomic E-state index is -0.220. The van der Waals surface area contributed by atoms with Crippen molar-refractivity contribution in [1.82, 2.24) is 0 Å². The van der Waals surface area contributed by atoms with E-state index in [1.165, 1.54) is 44.9 Å². The molecule has 0 spiro atoms. The highest BCUT2D eigenvalue weighted by atomic mass is 16.5. The zero-order valence-electron chi connectivity index (χ0n) is 10.9. The van der Waals surface area contributed by atoms with E-state index >= 15 is 0 Å². The minimum Gasteiger partial charge on any atom is -0.462 e. The molecule has 0 aromatic carbocycles. The topological polar surface area (TPSA) is 26.3 Å². The molecule has 2 heteroatoms. The third-order valence-electron chi connectivity index (χ3n) is 4.50. The zero-order chi connectivity index (χ0) is 12.3. The molecular weight excluding hydrogens is 212 g/mol. The molecular formula is C15H24O2. The Morgan fingerprint density at radius 1 is 1.18 bits per heavy atom. The number of hydrogen-bond donors (Lipinski definition) is 0. The van der Waals surface area contributed by atoms with Crippen molar-refractivity contribution in [2.45, 2.75) is 51.9 Å². The molecule has 0 aromatic rings. The molecule has 96 valence electrons. The lowest BCUT2D eigenvalue weighted by molar-refractivity contribution is -0.141. The van der Waals surface area contributed by atoms with Gasteiger partial charge in [0, 0.05) is 5.57 Å². The lowest BCUT2D eigenvalue weighted by atomic mass is 9.66. The number of rotatable bonds is 3. The first-order valence-electron chi connectivity index (χ1n) is 7.01. The molecule has 2 saturated carbocycles. The number of fused-ring (bicyclic) bond motifs is 1. The summed E-state index contributed by atoms with van der Waals surface area (Å²) in [5, 5.41) is 0. The van der Waals surface area contributed by atoms with Gasteiger partial charge in [0.15, 0.2) is 0 Å². The van der Waals surface area contributed by atoms with E-state index in [4.69, 9.17) is 4.74 Å². The van der Waals surface area contributed by atoms with Crippen molar-refractivity contribution in [3.8, 4) is 0 Å². The van der Waals surface area contributed by atoms with Gasteiger partial charge in [0.25, 0.3) is 0 Å². The maximum Gasteiger partial charge on any atom is 0.333 e. The molecule has 0 amide bonds. The Bertz CT molecular complexity index is 293. The van der Waals surface area contributed by atoms with Crippen molar-refractivity contribution in [3.05, 3.63) is 12.2 Å². The summed E-state index contributed by atoms with van der Waals surface area (Å²) in [4.78, 5) is 11.4. The van der Waals surface area contributed by atoms with Gasteiger partial charge >= 0.3 is 5.97 Å². The summed E-state index contributed by atoms with van der Waals surface area (Å²) in [7, 11) is 0. The first-order valence-corrected chi connectivity index (χ1v) is 7.01. The fourth-order valence-electron chi connectivity index (χ4n) is 3.58. The number of esters is 1. The van der Waals surface area contributed by atoms with Crippen LogP contribution in [0.25, 0.3) is 0 Å². The standard InChI is InChI=1S/C15H24O2/c1-11(2)15(16)17-10-13-8-5-7-12-6-3-4-9-14(12)13/h12-14H,1,3-10H2,2H3. The van der Waals surface area contributed by atoms with E-state index in [0.717, 1.165) is 11.8 Å². The fourth-order valence-corrected chi connectivity index (χ4v) is 3.58. The van der Waals surface area contributed by atoms with E-state index in [1.807, 2.05) is 0 Å². The molecule has 2 rings (SSSR count). The van der Waals surface area contributed by atoms with Crippen LogP contribution in [0.4, 0.5) is 0 Å². The predicted octanol–water partition coefficient (Wildman–Crippen LogP) is 3.71. The monoisotopic (exact) mass is 236 g/mol. The smallest absolute Gasteiger partial charge is 0.333 e. The van der Waals surface area contributed by atoms with Gasteiger partial charge in [0.1, 0.15) is 0 Å². The molecule has 17 heavy (non-hydrogen) atoms. The average Bonchev–Trinajstić information content (AvgIpc) is 2.35. The summed E-state index contributed by atoms with van der Waals surface area (Å²) in [6.45, 7) is 5.96. The van der Waals surface area contributed by atoms with Crippen LogP contribution in [0.1, 0.15) is 51.9 Å². The second-order valence-corrected chi connectivity index (χ2v) is 5.78. The largest absolute Gasteiger partial charge is 0.462 e. The van der Waals surface area contributed by atoms with Gasteiger partial charge in [-0.05, 0) is 37.5 Å². The lowest BCUT2D eigenvalue weighted by Gasteiger charge is -2.41. The zero-order valence-corrected chi connectivity index (χ0v) is 10.9. The molecule has 2 aliphatic rings. The van der Waals surface area contributed by atoms with E-state index in [9.17, 15) is 4.79 Å². The molecule has 0 saturated heterocycles. The molecule has 0 aliphatic heterocycles. The van der Waals surface area contributed by atoms with Gasteiger partial charge in [0.2, 0.25) is 0 Å². The van der Waals surface area contributed by atoms with Crippen molar-refractivity contribution >= 4 is 5.97 Å². The van der Waals surface area contributed by atoms with Crippen LogP contribution in [-0.2, 0) is 9.53 Å². The van der Waals surface area contributed by atoms with E-state index < -0.39 is 0 Å². The Balaban J connectivity index is 1.86. The number of carbonyl (C=O) groups excluding carboxylic acids is 1. The van der Waals surface area contributed by atoms with Crippen LogP contribution in [0, 0.1) is 17.8 Å². The van der Waals surface area contributed by atoms with Crippen molar-refractivity contribution < 1.29 is 9.53 Å². The predicted molar refractivity (Wildman–Crippen MR) is 68.6 cm³/mol. The second kappa shape index (κ2) is 5.70. The number of ether oxygens (including phenoxy) is 1. The maximum absolute atomic E-state index is 11.4. The van der Waals surface area contributed by atoms with Crippen LogP contribution in [0.2, 0.25) is 0 Å². The van der Waals surface area contributed by atoms with Gasteiger partial charge in [-0.25, -0.2) is 4.79 Å². The van der Waals surface area contributed by atoms with Crippen molar-refractivity contribution in [3.63, 3.8) is 0 Å². The van der Waals surface area contributed by atoms with Crippen LogP contribution in [-0.4, -0.2) is 12.6 Å². The molecule has 2 fully saturated rings. The summed E-state index contributed by atoms with van der Waals surface area (Å²) in [5.41, 5.74) is 0.515. The van der Waals surface area contributed by atoms with Crippen LogP contribution >= 0.6 is 0 Å². The molecule has 3 unspecified atom stereocenters. The fraction of sp³-hybridized carbons (Fsp3) is 0.800. The summed E-state index contributed by atoms with van der Waals surface area (Å²) >= 11 is 0. The lowest BCUT2D eigenvalue weighted by Crippen LogP contribution is -2.34. The van der Waals surface area contributed by atoms with Gasteiger partial charge in [0.05, 0.1) is 6.61 Å². The van der Waals surface area contributed by atoms with Crippen LogP contribution in [0.15, 0.2) is 12.2 Å². The summed E-state index contributed by atoms with van der Waals surface area (Å²) in [6.07, 6.45) is 9.47. The molecule has 0 N–H and O–H groups in total. The van der Waals surface area contributed by atoms with Crippen molar-refractivity contribution in [2.24, 2.45) is 17.8 Å². The van der Waals surface area contributed by atoms with E-state index in [1.54, 1.807) is 6.92 Å². The summed E-state index contributed by atoms with van der Waals surface area (Å²) in [6, 6.07) is 0. The number of carbonyl (C=O) groups is 1. The summed E-state index contributed by atoms with van der Waals surface area (Å²) < 4.78 is 5.35. The Morgan fingerprint density at radius 2 is 1.88 bits per heavy atom. The SMILES string of the molecule is C=C(C)C(=O)OCC1CCCC2CCCCC21. The molecule has 0 aromatic heterocycles. The van der Waals surface area contributed by atoms with Crippen molar-refractivity contribution in [2.75, 3.05) is 6.61 Å². The van der Waals surface area contributed by atoms with Crippen molar-refractivity contribution in [1.29, 1.82) is 0 Å². The third-order valence-corrected chi connectivity index (χ3v) is 4.50. The van der Waals surface area contributed by atoms with Gasteiger partial charge in [-0.1, -0.05) is 38.7 Å². The minimum absolute atomic E-state index is 0.220. The Hall–Kier alpha value is -0.790. The van der Waals surface area contributed by atoms with Gasteiger partial charge < -0.3 is 4.74 Å². The Morgan fingerprint density at radius 3 is 2.65 bits per heavy atom. The number of hydrogen-bond acceptors (Lipinski definition) is 2. The molecule has 0 radical (unpaired) electrons. The molecule has 3 atom stereocenters. The summed E-state index contributed by atoms with van der Waals surface area (Å²) in [5.74, 6) is 2.11. The van der Waals surface area contributed by atoms with E-state index in [-0.39, 0.29) is 5.97 Å². The first kappa shape index (κ1) is 12.7. The van der Waals surface area contributed by atoms with Crippen LogP contribution < -0.4 is 0 Å².